The SMILES string of the molecule is O=C(NCC(F)(F)F)OC1CCC(c2cc(Nc3ccc4c(c3F)CS(=O)(=O)C4)n[nH]2)C1. The lowest BCUT2D eigenvalue weighted by Crippen LogP contribution is -2.35. The Morgan fingerprint density at radius 1 is 1.25 bits per heavy atom. The molecule has 2 unspecified atom stereocenters. The van der Waals surface area contributed by atoms with E-state index in [1.807, 2.05) is 0 Å². The minimum Gasteiger partial charge on any atom is -0.446 e. The van der Waals surface area contributed by atoms with Gasteiger partial charge in [-0.15, -0.1) is 0 Å². The molecule has 1 aromatic heterocycles. The molecule has 32 heavy (non-hydrogen) atoms. The van der Waals surface area contributed by atoms with Crippen LogP contribution in [0.5, 0.6) is 0 Å². The fourth-order valence-corrected chi connectivity index (χ4v) is 5.60. The zero-order chi connectivity index (χ0) is 23.1. The molecular weight excluding hydrogens is 456 g/mol. The Kier molecular flexibility index (Phi) is 5.77. The van der Waals surface area contributed by atoms with Crippen LogP contribution in [0, 0.1) is 5.82 Å². The van der Waals surface area contributed by atoms with Crippen LogP contribution < -0.4 is 10.6 Å². The monoisotopic (exact) mass is 476 g/mol. The molecular formula is C19H20F4N4O4S. The molecule has 0 spiro atoms. The Balaban J connectivity index is 1.35. The van der Waals surface area contributed by atoms with Crippen molar-refractivity contribution in [2.75, 3.05) is 11.9 Å². The number of rotatable bonds is 5. The average molecular weight is 476 g/mol. The van der Waals surface area contributed by atoms with Crippen LogP contribution in [0.2, 0.25) is 0 Å². The molecule has 1 aromatic carbocycles. The third kappa shape index (κ3) is 5.14. The standard InChI is InChI=1S/C19H20F4N4O4S/c20-17-13-8-32(29,30)7-11(13)2-4-14(17)25-16-6-15(26-27-16)10-1-3-12(5-10)31-18(28)24-9-19(21,22)23/h2,4,6,10,12H,1,3,5,7-9H2,(H,24,28)(H2,25,26,27). The van der Waals surface area contributed by atoms with Gasteiger partial charge in [-0.2, -0.15) is 18.3 Å². The van der Waals surface area contributed by atoms with Crippen LogP contribution in [0.25, 0.3) is 0 Å². The number of ether oxygens (including phenoxy) is 1. The molecule has 174 valence electrons. The minimum absolute atomic E-state index is 0.0616. The fraction of sp³-hybridized carbons (Fsp3) is 0.474. The van der Waals surface area contributed by atoms with Crippen LogP contribution in [0.3, 0.4) is 0 Å². The number of alkyl carbamates (subject to hydrolysis) is 1. The van der Waals surface area contributed by atoms with E-state index in [0.717, 1.165) is 0 Å². The number of carbonyl (C=O) groups is 1. The van der Waals surface area contributed by atoms with Gasteiger partial charge in [0.25, 0.3) is 0 Å². The quantitative estimate of drug-likeness (QED) is 0.568. The number of aromatic amines is 1. The van der Waals surface area contributed by atoms with E-state index in [2.05, 4.69) is 15.5 Å². The summed E-state index contributed by atoms with van der Waals surface area (Å²) in [6, 6.07) is 4.70. The van der Waals surface area contributed by atoms with Crippen molar-refractivity contribution >= 4 is 27.4 Å². The van der Waals surface area contributed by atoms with Crippen LogP contribution in [0.1, 0.15) is 42.0 Å². The summed E-state index contributed by atoms with van der Waals surface area (Å²) in [6.07, 6.45) is -4.63. The highest BCUT2D eigenvalue weighted by molar-refractivity contribution is 7.90. The van der Waals surface area contributed by atoms with Gasteiger partial charge in [-0.1, -0.05) is 6.07 Å². The molecule has 2 aromatic rings. The maximum atomic E-state index is 14.7. The molecule has 1 amide bonds. The van der Waals surface area contributed by atoms with E-state index in [9.17, 15) is 30.8 Å². The summed E-state index contributed by atoms with van der Waals surface area (Å²) in [4.78, 5) is 11.5. The van der Waals surface area contributed by atoms with E-state index in [1.54, 1.807) is 17.4 Å². The number of fused-ring (bicyclic) bond motifs is 1. The van der Waals surface area contributed by atoms with Crippen molar-refractivity contribution < 1.29 is 35.5 Å². The van der Waals surface area contributed by atoms with Crippen molar-refractivity contribution in [2.24, 2.45) is 0 Å². The van der Waals surface area contributed by atoms with Gasteiger partial charge in [0.05, 0.1) is 17.2 Å². The lowest BCUT2D eigenvalue weighted by molar-refractivity contribution is -0.124. The fourth-order valence-electron chi connectivity index (χ4n) is 4.00. The van der Waals surface area contributed by atoms with Gasteiger partial charge >= 0.3 is 12.3 Å². The van der Waals surface area contributed by atoms with Gasteiger partial charge in [0.1, 0.15) is 12.6 Å². The number of carbonyl (C=O) groups excluding carboxylic acids is 1. The lowest BCUT2D eigenvalue weighted by Gasteiger charge is -2.14. The molecule has 1 saturated carbocycles. The first-order valence-corrected chi connectivity index (χ1v) is 11.7. The first kappa shape index (κ1) is 22.4. The molecule has 8 nitrogen and oxygen atoms in total. The molecule has 2 aliphatic rings. The lowest BCUT2D eigenvalue weighted by atomic mass is 10.0. The summed E-state index contributed by atoms with van der Waals surface area (Å²) in [7, 11) is -3.34. The van der Waals surface area contributed by atoms with Crippen LogP contribution in [0.4, 0.5) is 33.9 Å². The summed E-state index contributed by atoms with van der Waals surface area (Å²) >= 11 is 0. The molecule has 2 heterocycles. The molecule has 13 heteroatoms. The Morgan fingerprint density at radius 2 is 2.03 bits per heavy atom. The predicted molar refractivity (Wildman–Crippen MR) is 106 cm³/mol. The van der Waals surface area contributed by atoms with Crippen LogP contribution in [-0.4, -0.2) is 43.5 Å². The van der Waals surface area contributed by atoms with Gasteiger partial charge in [-0.25, -0.2) is 17.6 Å². The Labute approximate surface area is 180 Å². The second-order valence-electron chi connectivity index (χ2n) is 7.94. The summed E-state index contributed by atoms with van der Waals surface area (Å²) in [5, 5.41) is 11.4. The van der Waals surface area contributed by atoms with E-state index >= 15 is 0 Å². The highest BCUT2D eigenvalue weighted by Crippen LogP contribution is 2.37. The Bertz CT molecular complexity index is 1130. The number of sulfone groups is 1. The van der Waals surface area contributed by atoms with Crippen molar-refractivity contribution in [3.05, 3.63) is 40.8 Å². The van der Waals surface area contributed by atoms with Crippen molar-refractivity contribution in [2.45, 2.75) is 49.0 Å². The second-order valence-corrected chi connectivity index (χ2v) is 10.0. The van der Waals surface area contributed by atoms with E-state index in [-0.39, 0.29) is 28.7 Å². The normalized spacial score (nSPS) is 21.9. The molecule has 2 atom stereocenters. The number of amides is 1. The number of hydrogen-bond donors (Lipinski definition) is 3. The predicted octanol–water partition coefficient (Wildman–Crippen LogP) is 3.65. The van der Waals surface area contributed by atoms with E-state index in [1.165, 1.54) is 6.07 Å². The van der Waals surface area contributed by atoms with Crippen molar-refractivity contribution in [3.63, 3.8) is 0 Å². The number of nitrogens with zero attached hydrogens (tertiary/aromatic N) is 1. The van der Waals surface area contributed by atoms with Gasteiger partial charge in [0.2, 0.25) is 0 Å². The molecule has 1 fully saturated rings. The number of benzene rings is 1. The minimum atomic E-state index is -4.51. The third-order valence-electron chi connectivity index (χ3n) is 5.47. The van der Waals surface area contributed by atoms with Crippen molar-refractivity contribution in [1.82, 2.24) is 15.5 Å². The van der Waals surface area contributed by atoms with Crippen LogP contribution in [-0.2, 0) is 26.1 Å². The summed E-state index contributed by atoms with van der Waals surface area (Å²) in [5.41, 5.74) is 1.42. The molecule has 0 radical (unpaired) electrons. The maximum absolute atomic E-state index is 14.7. The van der Waals surface area contributed by atoms with E-state index in [0.29, 0.717) is 36.3 Å². The summed E-state index contributed by atoms with van der Waals surface area (Å²) in [6.45, 7) is -1.46. The highest BCUT2D eigenvalue weighted by atomic mass is 32.2. The Hall–Kier alpha value is -2.83. The highest BCUT2D eigenvalue weighted by Gasteiger charge is 2.32. The summed E-state index contributed by atoms with van der Waals surface area (Å²) < 4.78 is 79.7. The number of anilines is 2. The molecule has 1 aliphatic carbocycles. The molecule has 4 rings (SSSR count). The summed E-state index contributed by atoms with van der Waals surface area (Å²) in [5.74, 6) is -0.881. The average Bonchev–Trinajstić information content (AvgIpc) is 3.40. The Morgan fingerprint density at radius 3 is 2.78 bits per heavy atom. The largest absolute Gasteiger partial charge is 0.446 e. The van der Waals surface area contributed by atoms with Crippen LogP contribution in [0.15, 0.2) is 18.2 Å². The van der Waals surface area contributed by atoms with Gasteiger partial charge in [0.15, 0.2) is 21.5 Å². The number of alkyl halides is 3. The van der Waals surface area contributed by atoms with Crippen molar-refractivity contribution in [3.8, 4) is 0 Å². The zero-order valence-electron chi connectivity index (χ0n) is 16.6. The maximum Gasteiger partial charge on any atom is 0.407 e. The first-order chi connectivity index (χ1) is 15.0. The van der Waals surface area contributed by atoms with Gasteiger partial charge in [0, 0.05) is 23.2 Å². The van der Waals surface area contributed by atoms with E-state index < -0.39 is 40.6 Å². The number of aromatic nitrogens is 2. The molecule has 3 N–H and O–H groups in total. The molecule has 0 bridgehead atoms. The second kappa shape index (κ2) is 8.26. The third-order valence-corrected chi connectivity index (χ3v) is 6.95. The number of halogens is 4. The smallest absolute Gasteiger partial charge is 0.407 e. The number of H-pyrrole nitrogens is 1. The van der Waals surface area contributed by atoms with Gasteiger partial charge in [-0.05, 0) is 30.9 Å². The van der Waals surface area contributed by atoms with Crippen molar-refractivity contribution in [1.29, 1.82) is 0 Å². The van der Waals surface area contributed by atoms with E-state index in [4.69, 9.17) is 4.74 Å². The zero-order valence-corrected chi connectivity index (χ0v) is 17.4. The van der Waals surface area contributed by atoms with Gasteiger partial charge < -0.3 is 15.4 Å². The molecule has 1 aliphatic heterocycles. The van der Waals surface area contributed by atoms with Crippen LogP contribution >= 0.6 is 0 Å². The number of nitrogens with one attached hydrogen (secondary N) is 3. The number of hydrogen-bond acceptors (Lipinski definition) is 6. The molecule has 0 saturated heterocycles. The van der Waals surface area contributed by atoms with Gasteiger partial charge in [-0.3, -0.25) is 5.10 Å². The topological polar surface area (TPSA) is 113 Å². The first-order valence-electron chi connectivity index (χ1n) is 9.83.